The van der Waals surface area contributed by atoms with Gasteiger partial charge in [-0.25, -0.2) is 14.8 Å². The highest BCUT2D eigenvalue weighted by molar-refractivity contribution is 5.99. The molecule has 2 aromatic heterocycles. The van der Waals surface area contributed by atoms with Crippen molar-refractivity contribution in [1.82, 2.24) is 20.2 Å². The number of carbonyl (C=O) groups is 1. The van der Waals surface area contributed by atoms with E-state index >= 15 is 0 Å². The summed E-state index contributed by atoms with van der Waals surface area (Å²) in [5.74, 6) is 0.630. The van der Waals surface area contributed by atoms with Crippen molar-refractivity contribution in [3.8, 4) is 17.2 Å². The molecule has 1 aromatic carbocycles. The van der Waals surface area contributed by atoms with Gasteiger partial charge in [0, 0.05) is 24.0 Å². The van der Waals surface area contributed by atoms with Gasteiger partial charge >= 0.3 is 12.3 Å². The van der Waals surface area contributed by atoms with E-state index in [9.17, 15) is 18.0 Å². The number of hydrogen-bond donors (Lipinski definition) is 3. The molecule has 208 valence electrons. The fraction of sp³-hybridized carbons (Fsp3) is 0.462. The van der Waals surface area contributed by atoms with Crippen LogP contribution in [0, 0.1) is 5.41 Å². The first-order chi connectivity index (χ1) is 18.5. The zero-order valence-electron chi connectivity index (χ0n) is 21.5. The first-order valence-corrected chi connectivity index (χ1v) is 12.7. The summed E-state index contributed by atoms with van der Waals surface area (Å²) in [4.78, 5) is 22.3. The molecule has 1 unspecified atom stereocenters. The molecule has 1 aliphatic carbocycles. The Balaban J connectivity index is 1.40. The van der Waals surface area contributed by atoms with Gasteiger partial charge in [-0.1, -0.05) is 0 Å². The molecule has 39 heavy (non-hydrogen) atoms. The number of nitrogens with zero attached hydrogens (tertiary/aromatic N) is 3. The highest BCUT2D eigenvalue weighted by Gasteiger charge is 2.42. The Morgan fingerprint density at radius 3 is 2.72 bits per heavy atom. The maximum Gasteiger partial charge on any atom is 0.433 e. The Hall–Kier alpha value is -3.87. The first kappa shape index (κ1) is 26.7. The van der Waals surface area contributed by atoms with Crippen LogP contribution < -0.4 is 15.8 Å². The molecule has 3 aromatic rings. The lowest BCUT2D eigenvalue weighted by Gasteiger charge is -2.19. The second-order valence-electron chi connectivity index (χ2n) is 9.89. The fourth-order valence-corrected chi connectivity index (χ4v) is 4.53. The number of ether oxygens (including phenoxy) is 2. The predicted octanol–water partition coefficient (Wildman–Crippen LogP) is 4.44. The lowest BCUT2D eigenvalue weighted by atomic mass is 10.1. The number of hydrogen-bond acceptors (Lipinski definition) is 8. The van der Waals surface area contributed by atoms with Gasteiger partial charge in [-0.2, -0.15) is 13.2 Å². The van der Waals surface area contributed by atoms with E-state index in [4.69, 9.17) is 25.0 Å². The normalized spacial score (nSPS) is 18.3. The third kappa shape index (κ3) is 5.49. The highest BCUT2D eigenvalue weighted by atomic mass is 19.4. The minimum Gasteiger partial charge on any atom is -0.492 e. The SMILES string of the molecule is CCOc1ccc(-c2nc(C(=N)N3CCC(NC(=O)OC4(C)CC4)C3)c(CN)o2)c2ccc(C(F)(F)F)nc12. The van der Waals surface area contributed by atoms with Gasteiger partial charge in [-0.3, -0.25) is 5.41 Å². The molecule has 1 saturated carbocycles. The van der Waals surface area contributed by atoms with E-state index in [2.05, 4.69) is 15.3 Å². The number of nitrogens with two attached hydrogens (primary N) is 1. The number of nitrogens with one attached hydrogen (secondary N) is 2. The smallest absolute Gasteiger partial charge is 0.433 e. The van der Waals surface area contributed by atoms with Crippen LogP contribution in [0.15, 0.2) is 28.7 Å². The fourth-order valence-electron chi connectivity index (χ4n) is 4.53. The van der Waals surface area contributed by atoms with E-state index in [-0.39, 0.29) is 59.2 Å². The summed E-state index contributed by atoms with van der Waals surface area (Å²) < 4.78 is 56.9. The summed E-state index contributed by atoms with van der Waals surface area (Å²) in [5, 5.41) is 12.0. The molecule has 1 atom stereocenters. The summed E-state index contributed by atoms with van der Waals surface area (Å²) >= 11 is 0. The molecule has 1 aliphatic heterocycles. The molecule has 0 bridgehead atoms. The van der Waals surface area contributed by atoms with Gasteiger partial charge in [-0.05, 0) is 57.4 Å². The Morgan fingerprint density at radius 1 is 1.28 bits per heavy atom. The van der Waals surface area contributed by atoms with Crippen LogP contribution in [0.2, 0.25) is 0 Å². The Kier molecular flexibility index (Phi) is 6.87. The maximum absolute atomic E-state index is 13.4. The number of benzene rings is 1. The van der Waals surface area contributed by atoms with Crippen molar-refractivity contribution < 1.29 is 31.9 Å². The van der Waals surface area contributed by atoms with Crippen LogP contribution in [-0.4, -0.2) is 58.1 Å². The van der Waals surface area contributed by atoms with Crippen molar-refractivity contribution in [3.05, 3.63) is 41.4 Å². The van der Waals surface area contributed by atoms with Crippen LogP contribution in [0.5, 0.6) is 5.75 Å². The Morgan fingerprint density at radius 2 is 2.05 bits per heavy atom. The molecule has 1 amide bonds. The van der Waals surface area contributed by atoms with Crippen molar-refractivity contribution >= 4 is 22.8 Å². The van der Waals surface area contributed by atoms with E-state index in [1.807, 2.05) is 6.92 Å². The van der Waals surface area contributed by atoms with E-state index in [0.717, 1.165) is 18.9 Å². The number of amides is 1. The Labute approximate surface area is 222 Å². The van der Waals surface area contributed by atoms with Gasteiger partial charge in [0.25, 0.3) is 0 Å². The number of aromatic nitrogens is 2. The maximum atomic E-state index is 13.4. The molecular formula is C26H29F3N6O4. The van der Waals surface area contributed by atoms with E-state index < -0.39 is 18.0 Å². The van der Waals surface area contributed by atoms with Gasteiger partial charge < -0.3 is 29.8 Å². The minimum atomic E-state index is -4.62. The van der Waals surface area contributed by atoms with Crippen molar-refractivity contribution in [2.75, 3.05) is 19.7 Å². The van der Waals surface area contributed by atoms with Crippen molar-refractivity contribution in [1.29, 1.82) is 5.41 Å². The third-order valence-corrected chi connectivity index (χ3v) is 6.87. The van der Waals surface area contributed by atoms with Crippen LogP contribution in [0.25, 0.3) is 22.4 Å². The standard InChI is InChI=1S/C26H29F3N6O4/c1-3-37-17-6-4-16(15-5-7-19(26(27,28)29)33-20(15)17)23-34-21(18(12-30)38-23)22(31)35-11-8-14(13-35)32-24(36)39-25(2)9-10-25/h4-7,14,31H,3,8-13,30H2,1-2H3,(H,32,36). The Bertz CT molecular complexity index is 1420. The van der Waals surface area contributed by atoms with Crippen LogP contribution in [0.1, 0.15) is 50.3 Å². The topological polar surface area (TPSA) is 140 Å². The number of fused-ring (bicyclic) bond motifs is 1. The van der Waals surface area contributed by atoms with E-state index in [0.29, 0.717) is 30.5 Å². The lowest BCUT2D eigenvalue weighted by molar-refractivity contribution is -0.140. The number of alkyl halides is 3. The van der Waals surface area contributed by atoms with Crippen LogP contribution in [0.3, 0.4) is 0 Å². The number of alkyl carbamates (subject to hydrolysis) is 1. The second-order valence-corrected chi connectivity index (χ2v) is 9.89. The zero-order valence-corrected chi connectivity index (χ0v) is 21.5. The number of amidine groups is 1. The van der Waals surface area contributed by atoms with Crippen LogP contribution >= 0.6 is 0 Å². The average Bonchev–Trinajstić information content (AvgIpc) is 3.27. The number of likely N-dealkylation sites (tertiary alicyclic amines) is 1. The average molecular weight is 547 g/mol. The van der Waals surface area contributed by atoms with E-state index in [1.165, 1.54) is 12.1 Å². The molecule has 13 heteroatoms. The van der Waals surface area contributed by atoms with Crippen LogP contribution in [0.4, 0.5) is 18.0 Å². The molecule has 10 nitrogen and oxygen atoms in total. The number of carbonyl (C=O) groups excluding carboxylic acids is 1. The summed E-state index contributed by atoms with van der Waals surface area (Å²) in [5.41, 5.74) is 5.12. The minimum absolute atomic E-state index is 0.0219. The predicted molar refractivity (Wildman–Crippen MR) is 135 cm³/mol. The van der Waals surface area contributed by atoms with Gasteiger partial charge in [0.2, 0.25) is 5.89 Å². The second kappa shape index (κ2) is 10.0. The summed E-state index contributed by atoms with van der Waals surface area (Å²) in [6.07, 6.45) is -2.78. The molecule has 3 heterocycles. The van der Waals surface area contributed by atoms with Crippen molar-refractivity contribution in [2.24, 2.45) is 5.73 Å². The van der Waals surface area contributed by atoms with Crippen molar-refractivity contribution in [2.45, 2.75) is 57.5 Å². The highest BCUT2D eigenvalue weighted by Crippen LogP contribution is 2.39. The van der Waals surface area contributed by atoms with Gasteiger partial charge in [-0.15, -0.1) is 0 Å². The molecule has 2 aliphatic rings. The van der Waals surface area contributed by atoms with Crippen molar-refractivity contribution in [3.63, 3.8) is 0 Å². The number of oxazole rings is 1. The monoisotopic (exact) mass is 546 g/mol. The van der Waals surface area contributed by atoms with Gasteiger partial charge in [0.1, 0.15) is 34.0 Å². The number of halogens is 3. The third-order valence-electron chi connectivity index (χ3n) is 6.87. The summed E-state index contributed by atoms with van der Waals surface area (Å²) in [6, 6.07) is 5.14. The lowest BCUT2D eigenvalue weighted by Crippen LogP contribution is -2.40. The molecule has 1 saturated heterocycles. The van der Waals surface area contributed by atoms with E-state index in [1.54, 1.807) is 17.9 Å². The molecule has 5 rings (SSSR count). The zero-order chi connectivity index (χ0) is 27.9. The summed E-state index contributed by atoms with van der Waals surface area (Å²) in [7, 11) is 0. The number of rotatable bonds is 7. The largest absolute Gasteiger partial charge is 0.492 e. The molecule has 2 fully saturated rings. The first-order valence-electron chi connectivity index (χ1n) is 12.7. The van der Waals surface area contributed by atoms with Gasteiger partial charge in [0.15, 0.2) is 5.84 Å². The molecule has 4 N–H and O–H groups in total. The number of pyridine rings is 1. The molecular weight excluding hydrogens is 517 g/mol. The van der Waals surface area contributed by atoms with Crippen LogP contribution in [-0.2, 0) is 17.5 Å². The van der Waals surface area contributed by atoms with Gasteiger partial charge in [0.05, 0.1) is 19.2 Å². The quantitative estimate of drug-likeness (QED) is 0.292. The molecule has 0 radical (unpaired) electrons. The molecule has 0 spiro atoms. The summed E-state index contributed by atoms with van der Waals surface area (Å²) in [6.45, 7) is 4.69.